The summed E-state index contributed by atoms with van der Waals surface area (Å²) in [6.07, 6.45) is 3.28. The Labute approximate surface area is 183 Å². The molecule has 10 nitrogen and oxygen atoms in total. The lowest BCUT2D eigenvalue weighted by molar-refractivity contribution is 0.0846. The highest BCUT2D eigenvalue weighted by molar-refractivity contribution is 6.32. The highest BCUT2D eigenvalue weighted by atomic mass is 35.5. The van der Waals surface area contributed by atoms with E-state index in [9.17, 15) is 9.59 Å². The van der Waals surface area contributed by atoms with Crippen LogP contribution in [0.25, 0.3) is 5.69 Å². The lowest BCUT2D eigenvalue weighted by Crippen LogP contribution is -2.41. The monoisotopic (exact) mass is 444 g/mol. The van der Waals surface area contributed by atoms with Gasteiger partial charge in [-0.15, -0.1) is 5.10 Å². The average Bonchev–Trinajstić information content (AvgIpc) is 3.33. The molecule has 2 N–H and O–H groups in total. The third kappa shape index (κ3) is 5.48. The standard InChI is InChI=1S/C20H21ClN6O4/c1-3-4-9-31-18-16(21)10-14(11-17(18)30-2)20(29)24-23-19(28)13-5-7-15(8-6-13)27-12-22-25-26-27/h5-8,10-12H,3-4,9H2,1-2H3,(H,23,28)(H,24,29). The highest BCUT2D eigenvalue weighted by Crippen LogP contribution is 2.36. The number of hydrogen-bond donors (Lipinski definition) is 2. The number of tetrazole rings is 1. The lowest BCUT2D eigenvalue weighted by atomic mass is 10.2. The Morgan fingerprint density at radius 2 is 1.81 bits per heavy atom. The molecule has 3 rings (SSSR count). The van der Waals surface area contributed by atoms with Crippen LogP contribution in [0.5, 0.6) is 11.5 Å². The molecule has 0 bridgehead atoms. The highest BCUT2D eigenvalue weighted by Gasteiger charge is 2.17. The molecule has 0 unspecified atom stereocenters. The molecule has 1 aromatic heterocycles. The quantitative estimate of drug-likeness (QED) is 0.404. The lowest BCUT2D eigenvalue weighted by Gasteiger charge is -2.14. The van der Waals surface area contributed by atoms with Crippen LogP contribution in [0, 0.1) is 0 Å². The van der Waals surface area contributed by atoms with E-state index >= 15 is 0 Å². The Kier molecular flexibility index (Phi) is 7.39. The summed E-state index contributed by atoms with van der Waals surface area (Å²) in [5.41, 5.74) is 5.96. The molecule has 31 heavy (non-hydrogen) atoms. The molecule has 0 atom stereocenters. The van der Waals surface area contributed by atoms with E-state index in [-0.39, 0.29) is 10.6 Å². The number of carbonyl (C=O) groups is 2. The van der Waals surface area contributed by atoms with Crippen LogP contribution in [-0.2, 0) is 0 Å². The maximum atomic E-state index is 12.5. The number of carbonyl (C=O) groups excluding carboxylic acids is 2. The van der Waals surface area contributed by atoms with Gasteiger partial charge in [-0.05, 0) is 53.2 Å². The molecule has 0 aliphatic heterocycles. The third-order valence-electron chi connectivity index (χ3n) is 4.27. The molecule has 3 aromatic rings. The Hall–Kier alpha value is -3.66. The normalized spacial score (nSPS) is 10.4. The SMILES string of the molecule is CCCCOc1c(Cl)cc(C(=O)NNC(=O)c2ccc(-n3cnnn3)cc2)cc1OC. The fourth-order valence-corrected chi connectivity index (χ4v) is 2.88. The molecule has 0 saturated heterocycles. The van der Waals surface area contributed by atoms with Gasteiger partial charge in [-0.3, -0.25) is 20.4 Å². The molecule has 2 aromatic carbocycles. The van der Waals surface area contributed by atoms with Crippen molar-refractivity contribution in [3.63, 3.8) is 0 Å². The largest absolute Gasteiger partial charge is 0.493 e. The first-order valence-electron chi connectivity index (χ1n) is 9.48. The van der Waals surface area contributed by atoms with Gasteiger partial charge in [0, 0.05) is 11.1 Å². The second kappa shape index (κ2) is 10.4. The fraction of sp³-hybridized carbons (Fsp3) is 0.250. The molecule has 0 radical (unpaired) electrons. The van der Waals surface area contributed by atoms with Crippen LogP contribution in [0.1, 0.15) is 40.5 Å². The summed E-state index contributed by atoms with van der Waals surface area (Å²) in [5, 5.41) is 11.1. The number of ether oxygens (including phenoxy) is 2. The summed E-state index contributed by atoms with van der Waals surface area (Å²) in [6.45, 7) is 2.53. The van der Waals surface area contributed by atoms with E-state index in [1.165, 1.54) is 30.3 Å². The first-order valence-corrected chi connectivity index (χ1v) is 9.85. The van der Waals surface area contributed by atoms with Gasteiger partial charge >= 0.3 is 0 Å². The summed E-state index contributed by atoms with van der Waals surface area (Å²) in [5.74, 6) is -0.340. The van der Waals surface area contributed by atoms with Gasteiger partial charge in [-0.1, -0.05) is 24.9 Å². The van der Waals surface area contributed by atoms with Crippen molar-refractivity contribution >= 4 is 23.4 Å². The number of aromatic nitrogens is 4. The van der Waals surface area contributed by atoms with Gasteiger partial charge in [0.2, 0.25) is 0 Å². The maximum Gasteiger partial charge on any atom is 0.269 e. The second-order valence-electron chi connectivity index (χ2n) is 6.40. The van der Waals surface area contributed by atoms with Crippen molar-refractivity contribution in [3.05, 3.63) is 58.9 Å². The van der Waals surface area contributed by atoms with Crippen LogP contribution < -0.4 is 20.3 Å². The van der Waals surface area contributed by atoms with Gasteiger partial charge in [0.25, 0.3) is 11.8 Å². The van der Waals surface area contributed by atoms with Crippen molar-refractivity contribution in [1.29, 1.82) is 0 Å². The zero-order chi connectivity index (χ0) is 22.2. The predicted octanol–water partition coefficient (Wildman–Crippen LogP) is 2.58. The molecule has 0 spiro atoms. The van der Waals surface area contributed by atoms with Crippen molar-refractivity contribution in [2.24, 2.45) is 0 Å². The summed E-state index contributed by atoms with van der Waals surface area (Å²) in [6, 6.07) is 9.47. The smallest absolute Gasteiger partial charge is 0.269 e. The molecular weight excluding hydrogens is 424 g/mol. The minimum atomic E-state index is -0.557. The number of halogens is 1. The van der Waals surface area contributed by atoms with Gasteiger partial charge in [0.1, 0.15) is 6.33 Å². The van der Waals surface area contributed by atoms with Gasteiger partial charge < -0.3 is 9.47 Å². The maximum absolute atomic E-state index is 12.5. The van der Waals surface area contributed by atoms with Crippen LogP contribution in [0.2, 0.25) is 5.02 Å². The Morgan fingerprint density at radius 3 is 2.42 bits per heavy atom. The van der Waals surface area contributed by atoms with Crippen LogP contribution in [0.4, 0.5) is 0 Å². The molecule has 1 heterocycles. The summed E-state index contributed by atoms with van der Waals surface area (Å²) < 4.78 is 12.4. The van der Waals surface area contributed by atoms with Crippen LogP contribution in [0.15, 0.2) is 42.7 Å². The number of hydrogen-bond acceptors (Lipinski definition) is 7. The molecule has 0 aliphatic rings. The van der Waals surface area contributed by atoms with E-state index in [0.29, 0.717) is 29.4 Å². The molecule has 0 fully saturated rings. The summed E-state index contributed by atoms with van der Waals surface area (Å²) in [7, 11) is 1.46. The Morgan fingerprint density at radius 1 is 1.10 bits per heavy atom. The van der Waals surface area contributed by atoms with Gasteiger partial charge in [-0.2, -0.15) is 0 Å². The second-order valence-corrected chi connectivity index (χ2v) is 6.81. The van der Waals surface area contributed by atoms with Crippen molar-refractivity contribution < 1.29 is 19.1 Å². The average molecular weight is 445 g/mol. The first-order chi connectivity index (χ1) is 15.0. The van der Waals surface area contributed by atoms with Crippen molar-refractivity contribution in [2.75, 3.05) is 13.7 Å². The number of hydrazine groups is 1. The van der Waals surface area contributed by atoms with Gasteiger partial charge in [-0.25, -0.2) is 4.68 Å². The number of amides is 2. The number of rotatable bonds is 8. The van der Waals surface area contributed by atoms with Crippen LogP contribution in [0.3, 0.4) is 0 Å². The zero-order valence-electron chi connectivity index (χ0n) is 17.0. The van der Waals surface area contributed by atoms with E-state index in [2.05, 4.69) is 26.4 Å². The third-order valence-corrected chi connectivity index (χ3v) is 4.55. The number of nitrogens with one attached hydrogen (secondary N) is 2. The van der Waals surface area contributed by atoms with Crippen LogP contribution >= 0.6 is 11.6 Å². The van der Waals surface area contributed by atoms with Gasteiger partial charge in [0.05, 0.1) is 24.4 Å². The molecule has 2 amide bonds. The summed E-state index contributed by atoms with van der Waals surface area (Å²) in [4.78, 5) is 24.8. The minimum absolute atomic E-state index is 0.207. The minimum Gasteiger partial charge on any atom is -0.493 e. The Balaban J connectivity index is 1.63. The fourth-order valence-electron chi connectivity index (χ4n) is 2.61. The summed E-state index contributed by atoms with van der Waals surface area (Å²) >= 11 is 6.26. The number of methoxy groups -OCH3 is 1. The number of unbranched alkanes of at least 4 members (excludes halogenated alkanes) is 1. The van der Waals surface area contributed by atoms with Crippen LogP contribution in [-0.4, -0.2) is 45.7 Å². The molecule has 0 aliphatic carbocycles. The number of benzene rings is 2. The van der Waals surface area contributed by atoms with Gasteiger partial charge in [0.15, 0.2) is 11.5 Å². The van der Waals surface area contributed by atoms with Crippen molar-refractivity contribution in [3.8, 4) is 17.2 Å². The van der Waals surface area contributed by atoms with Crippen molar-refractivity contribution in [2.45, 2.75) is 19.8 Å². The van der Waals surface area contributed by atoms with E-state index in [4.69, 9.17) is 21.1 Å². The van der Waals surface area contributed by atoms with E-state index in [1.807, 2.05) is 6.92 Å². The first kappa shape index (κ1) is 22.0. The predicted molar refractivity (Wildman–Crippen MR) is 112 cm³/mol. The van der Waals surface area contributed by atoms with E-state index in [0.717, 1.165) is 12.8 Å². The molecule has 11 heteroatoms. The Bertz CT molecular complexity index is 1040. The van der Waals surface area contributed by atoms with E-state index in [1.54, 1.807) is 24.3 Å². The molecular formula is C20H21ClN6O4. The molecule has 162 valence electrons. The number of nitrogens with zero attached hydrogens (tertiary/aromatic N) is 4. The topological polar surface area (TPSA) is 120 Å². The zero-order valence-corrected chi connectivity index (χ0v) is 17.7. The van der Waals surface area contributed by atoms with E-state index < -0.39 is 11.8 Å². The molecule has 0 saturated carbocycles. The van der Waals surface area contributed by atoms with Crippen molar-refractivity contribution in [1.82, 2.24) is 31.1 Å².